The van der Waals surface area contributed by atoms with Crippen molar-refractivity contribution < 1.29 is 14.6 Å². The normalized spacial score (nSPS) is 21.4. The molecule has 0 unspecified atom stereocenters. The van der Waals surface area contributed by atoms with E-state index in [1.807, 2.05) is 12.1 Å². The first-order valence-corrected chi connectivity index (χ1v) is 8.13. The predicted molar refractivity (Wildman–Crippen MR) is 90.5 cm³/mol. The van der Waals surface area contributed by atoms with E-state index >= 15 is 0 Å². The molecule has 1 saturated heterocycles. The van der Waals surface area contributed by atoms with Crippen molar-refractivity contribution in [1.29, 1.82) is 0 Å². The average molecular weight is 303 g/mol. The zero-order valence-electron chi connectivity index (χ0n) is 14.1. The van der Waals surface area contributed by atoms with E-state index < -0.39 is 0 Å². The first-order valence-electron chi connectivity index (χ1n) is 8.13. The number of carbonyl (C=O) groups is 1. The molecule has 0 spiro atoms. The Labute approximate surface area is 133 Å². The SMILES string of the molecule is C=C(C)C[NH+]1CC[NH+](CC(=O)Nc2cccc(C)c2C)CC1. The lowest BCUT2D eigenvalue weighted by Gasteiger charge is -2.29. The maximum absolute atomic E-state index is 12.3. The van der Waals surface area contributed by atoms with E-state index in [4.69, 9.17) is 0 Å². The summed E-state index contributed by atoms with van der Waals surface area (Å²) in [6.07, 6.45) is 0. The van der Waals surface area contributed by atoms with Gasteiger partial charge < -0.3 is 15.1 Å². The molecule has 1 aromatic rings. The fraction of sp³-hybridized carbons (Fsp3) is 0.500. The van der Waals surface area contributed by atoms with Crippen molar-refractivity contribution in [2.24, 2.45) is 0 Å². The second-order valence-electron chi connectivity index (χ2n) is 6.61. The molecule has 1 aliphatic heterocycles. The zero-order chi connectivity index (χ0) is 16.1. The highest BCUT2D eigenvalue weighted by atomic mass is 16.2. The number of piperazine rings is 1. The number of benzene rings is 1. The Morgan fingerprint density at radius 2 is 1.73 bits per heavy atom. The molecular weight excluding hydrogens is 274 g/mol. The Morgan fingerprint density at radius 3 is 2.32 bits per heavy atom. The van der Waals surface area contributed by atoms with Gasteiger partial charge in [0.2, 0.25) is 0 Å². The molecule has 2 rings (SSSR count). The van der Waals surface area contributed by atoms with E-state index in [1.54, 1.807) is 4.90 Å². The van der Waals surface area contributed by atoms with Gasteiger partial charge in [0.05, 0.1) is 6.54 Å². The van der Waals surface area contributed by atoms with E-state index in [2.05, 4.69) is 38.7 Å². The van der Waals surface area contributed by atoms with Crippen LogP contribution in [0.15, 0.2) is 30.4 Å². The molecule has 0 atom stereocenters. The Kier molecular flexibility index (Phi) is 5.75. The fourth-order valence-corrected chi connectivity index (χ4v) is 3.05. The molecule has 1 aromatic carbocycles. The number of hydrogen-bond donors (Lipinski definition) is 3. The highest BCUT2D eigenvalue weighted by Gasteiger charge is 2.24. The fourth-order valence-electron chi connectivity index (χ4n) is 3.05. The number of anilines is 1. The van der Waals surface area contributed by atoms with Crippen molar-refractivity contribution in [2.75, 3.05) is 44.6 Å². The highest BCUT2D eigenvalue weighted by Crippen LogP contribution is 2.17. The lowest BCUT2D eigenvalue weighted by atomic mass is 10.1. The molecule has 120 valence electrons. The van der Waals surface area contributed by atoms with E-state index in [0.717, 1.165) is 44.0 Å². The summed E-state index contributed by atoms with van der Waals surface area (Å²) in [7, 11) is 0. The topological polar surface area (TPSA) is 38.0 Å². The summed E-state index contributed by atoms with van der Waals surface area (Å²) in [5.74, 6) is 0.118. The molecule has 0 aromatic heterocycles. The summed E-state index contributed by atoms with van der Waals surface area (Å²) in [5, 5.41) is 3.06. The smallest absolute Gasteiger partial charge is 0.279 e. The van der Waals surface area contributed by atoms with Gasteiger partial charge in [-0.3, -0.25) is 4.79 Å². The first-order chi connectivity index (χ1) is 10.5. The molecule has 0 bridgehead atoms. The minimum absolute atomic E-state index is 0.118. The molecular formula is C18H29N3O+2. The Hall–Kier alpha value is -1.65. The van der Waals surface area contributed by atoms with Gasteiger partial charge in [-0.2, -0.15) is 0 Å². The number of carbonyl (C=O) groups excluding carboxylic acids is 1. The number of amides is 1. The maximum atomic E-state index is 12.3. The standard InChI is InChI=1S/C18H27N3O/c1-14(2)12-20-8-10-21(11-9-20)13-18(22)19-17-7-5-6-15(3)16(17)4/h5-7H,1,8-13H2,2-4H3,(H,19,22)/p+2. The minimum atomic E-state index is 0.118. The molecule has 4 heteroatoms. The van der Waals surface area contributed by atoms with Gasteiger partial charge >= 0.3 is 0 Å². The summed E-state index contributed by atoms with van der Waals surface area (Å²) >= 11 is 0. The quantitative estimate of drug-likeness (QED) is 0.637. The summed E-state index contributed by atoms with van der Waals surface area (Å²) in [6.45, 7) is 16.2. The molecule has 0 aliphatic carbocycles. The lowest BCUT2D eigenvalue weighted by Crippen LogP contribution is -3.28. The van der Waals surface area contributed by atoms with Gasteiger partial charge in [-0.05, 0) is 43.5 Å². The van der Waals surface area contributed by atoms with E-state index in [1.165, 1.54) is 16.0 Å². The van der Waals surface area contributed by atoms with Crippen molar-refractivity contribution in [3.8, 4) is 0 Å². The van der Waals surface area contributed by atoms with Gasteiger partial charge in [-0.15, -0.1) is 0 Å². The Morgan fingerprint density at radius 1 is 1.14 bits per heavy atom. The highest BCUT2D eigenvalue weighted by molar-refractivity contribution is 5.92. The zero-order valence-corrected chi connectivity index (χ0v) is 14.1. The third-order valence-corrected chi connectivity index (χ3v) is 4.51. The molecule has 1 heterocycles. The van der Waals surface area contributed by atoms with Crippen molar-refractivity contribution in [3.63, 3.8) is 0 Å². The minimum Gasteiger partial charge on any atom is -0.322 e. The summed E-state index contributed by atoms with van der Waals surface area (Å²) in [4.78, 5) is 15.2. The van der Waals surface area contributed by atoms with Crippen LogP contribution in [-0.2, 0) is 4.79 Å². The van der Waals surface area contributed by atoms with Gasteiger partial charge in [0, 0.05) is 5.69 Å². The molecule has 3 N–H and O–H groups in total. The van der Waals surface area contributed by atoms with E-state index in [-0.39, 0.29) is 5.91 Å². The van der Waals surface area contributed by atoms with Gasteiger partial charge in [0.15, 0.2) is 6.54 Å². The average Bonchev–Trinajstić information content (AvgIpc) is 2.45. The summed E-state index contributed by atoms with van der Waals surface area (Å²) in [5.41, 5.74) is 4.55. The molecule has 0 saturated carbocycles. The van der Waals surface area contributed by atoms with Gasteiger partial charge in [0.1, 0.15) is 26.2 Å². The molecule has 0 radical (unpaired) electrons. The van der Waals surface area contributed by atoms with Gasteiger partial charge in [-0.1, -0.05) is 18.7 Å². The predicted octanol–water partition coefficient (Wildman–Crippen LogP) is -0.399. The van der Waals surface area contributed by atoms with Crippen LogP contribution < -0.4 is 15.1 Å². The molecule has 1 fully saturated rings. The third kappa shape index (κ3) is 4.68. The van der Waals surface area contributed by atoms with Crippen molar-refractivity contribution in [1.82, 2.24) is 0 Å². The van der Waals surface area contributed by atoms with Crippen LogP contribution in [-0.4, -0.2) is 45.2 Å². The van der Waals surface area contributed by atoms with Crippen LogP contribution in [0.3, 0.4) is 0 Å². The van der Waals surface area contributed by atoms with Crippen LogP contribution >= 0.6 is 0 Å². The first kappa shape index (κ1) is 16.7. The van der Waals surface area contributed by atoms with Crippen LogP contribution in [0.1, 0.15) is 18.1 Å². The largest absolute Gasteiger partial charge is 0.322 e. The van der Waals surface area contributed by atoms with Crippen LogP contribution in [0.5, 0.6) is 0 Å². The Bertz CT molecular complexity index is 545. The van der Waals surface area contributed by atoms with Crippen LogP contribution in [0, 0.1) is 13.8 Å². The summed E-state index contributed by atoms with van der Waals surface area (Å²) < 4.78 is 0. The molecule has 1 aliphatic rings. The van der Waals surface area contributed by atoms with E-state index in [0.29, 0.717) is 6.54 Å². The molecule has 4 nitrogen and oxygen atoms in total. The second kappa shape index (κ2) is 7.56. The van der Waals surface area contributed by atoms with Crippen LogP contribution in [0.4, 0.5) is 5.69 Å². The van der Waals surface area contributed by atoms with Gasteiger partial charge in [-0.25, -0.2) is 0 Å². The van der Waals surface area contributed by atoms with Crippen molar-refractivity contribution in [3.05, 3.63) is 41.5 Å². The lowest BCUT2D eigenvalue weighted by molar-refractivity contribution is -1.01. The Balaban J connectivity index is 1.81. The third-order valence-electron chi connectivity index (χ3n) is 4.51. The second-order valence-corrected chi connectivity index (χ2v) is 6.61. The number of nitrogens with one attached hydrogen (secondary N) is 3. The van der Waals surface area contributed by atoms with Crippen LogP contribution in [0.25, 0.3) is 0 Å². The molecule has 22 heavy (non-hydrogen) atoms. The number of quaternary nitrogens is 2. The number of hydrogen-bond acceptors (Lipinski definition) is 1. The number of aryl methyl sites for hydroxylation is 1. The van der Waals surface area contributed by atoms with Crippen LogP contribution in [0.2, 0.25) is 0 Å². The monoisotopic (exact) mass is 303 g/mol. The summed E-state index contributed by atoms with van der Waals surface area (Å²) in [6, 6.07) is 6.04. The van der Waals surface area contributed by atoms with Crippen molar-refractivity contribution >= 4 is 11.6 Å². The molecule has 1 amide bonds. The number of rotatable bonds is 5. The van der Waals surface area contributed by atoms with E-state index in [9.17, 15) is 4.79 Å². The van der Waals surface area contributed by atoms with Crippen molar-refractivity contribution in [2.45, 2.75) is 20.8 Å². The maximum Gasteiger partial charge on any atom is 0.279 e. The van der Waals surface area contributed by atoms with Gasteiger partial charge in [0.25, 0.3) is 5.91 Å².